The van der Waals surface area contributed by atoms with Crippen LogP contribution >= 0.6 is 0 Å². The Morgan fingerprint density at radius 3 is 2.67 bits per heavy atom. The molecule has 2 aliphatic rings. The Bertz CT molecular complexity index is 741. The summed E-state index contributed by atoms with van der Waals surface area (Å²) in [6.07, 6.45) is 7.12. The lowest BCUT2D eigenvalue weighted by Gasteiger charge is -2.43. The van der Waals surface area contributed by atoms with E-state index in [1.807, 2.05) is 18.9 Å². The standard InChI is InChI=1S/C21H36N6O3/c1-16-17(12-26(4)24-16)23-19(28)14-27-10-11-30-18(13-27)20(29)22-15-21(25(2)3)8-6-5-7-9-21/h12,18H,5-11,13-15H2,1-4H3,(H,22,29)(H,23,28)/t18-/m1/s1. The molecule has 9 heteroatoms. The SMILES string of the molecule is Cc1nn(C)cc1NC(=O)CN1CCO[C@@H](C(=O)NCC2(N(C)C)CCCCC2)C1. The third-order valence-corrected chi connectivity index (χ3v) is 6.42. The molecule has 1 atom stereocenters. The number of carbonyl (C=O) groups is 2. The van der Waals surface area contributed by atoms with Crippen molar-refractivity contribution in [2.75, 3.05) is 52.2 Å². The summed E-state index contributed by atoms with van der Waals surface area (Å²) in [6, 6.07) is 0. The van der Waals surface area contributed by atoms with Crippen LogP contribution in [0, 0.1) is 6.92 Å². The number of aryl methyl sites for hydroxylation is 2. The van der Waals surface area contributed by atoms with Gasteiger partial charge < -0.3 is 20.3 Å². The van der Waals surface area contributed by atoms with Crippen molar-refractivity contribution in [1.82, 2.24) is 24.9 Å². The Labute approximate surface area is 179 Å². The molecule has 1 aromatic heterocycles. The van der Waals surface area contributed by atoms with Crippen molar-refractivity contribution in [3.05, 3.63) is 11.9 Å². The minimum Gasteiger partial charge on any atom is -0.366 e. The van der Waals surface area contributed by atoms with E-state index in [2.05, 4.69) is 34.7 Å². The fourth-order valence-corrected chi connectivity index (χ4v) is 4.48. The van der Waals surface area contributed by atoms with Gasteiger partial charge in [0, 0.05) is 38.4 Å². The van der Waals surface area contributed by atoms with E-state index in [0.29, 0.717) is 31.9 Å². The predicted molar refractivity (Wildman–Crippen MR) is 115 cm³/mol. The summed E-state index contributed by atoms with van der Waals surface area (Å²) in [7, 11) is 6.01. The second-order valence-corrected chi connectivity index (χ2v) is 8.84. The van der Waals surface area contributed by atoms with Crippen LogP contribution in [0.4, 0.5) is 5.69 Å². The van der Waals surface area contributed by atoms with Gasteiger partial charge in [-0.05, 0) is 33.9 Å². The van der Waals surface area contributed by atoms with Crippen LogP contribution in [0.1, 0.15) is 37.8 Å². The van der Waals surface area contributed by atoms with E-state index in [9.17, 15) is 9.59 Å². The maximum atomic E-state index is 12.8. The van der Waals surface area contributed by atoms with Gasteiger partial charge in [-0.3, -0.25) is 19.2 Å². The van der Waals surface area contributed by atoms with E-state index < -0.39 is 6.10 Å². The number of hydrogen-bond acceptors (Lipinski definition) is 6. The second kappa shape index (κ2) is 9.89. The van der Waals surface area contributed by atoms with Gasteiger partial charge in [0.1, 0.15) is 6.10 Å². The number of nitrogens with zero attached hydrogens (tertiary/aromatic N) is 4. The van der Waals surface area contributed by atoms with Gasteiger partial charge in [-0.2, -0.15) is 5.10 Å². The quantitative estimate of drug-likeness (QED) is 0.676. The number of ether oxygens (including phenoxy) is 1. The number of hydrogen-bond donors (Lipinski definition) is 2. The molecule has 2 fully saturated rings. The lowest BCUT2D eigenvalue weighted by Crippen LogP contribution is -2.57. The van der Waals surface area contributed by atoms with E-state index in [4.69, 9.17) is 4.74 Å². The molecule has 2 N–H and O–H groups in total. The molecular weight excluding hydrogens is 384 g/mol. The van der Waals surface area contributed by atoms with E-state index in [1.165, 1.54) is 19.3 Å². The number of nitrogens with one attached hydrogen (secondary N) is 2. The minimum atomic E-state index is -0.547. The van der Waals surface area contributed by atoms with Crippen molar-refractivity contribution in [2.24, 2.45) is 7.05 Å². The van der Waals surface area contributed by atoms with Crippen LogP contribution in [-0.4, -0.2) is 89.9 Å². The monoisotopic (exact) mass is 420 g/mol. The highest BCUT2D eigenvalue weighted by Crippen LogP contribution is 2.31. The third-order valence-electron chi connectivity index (χ3n) is 6.42. The van der Waals surface area contributed by atoms with Crippen LogP contribution in [0.3, 0.4) is 0 Å². The van der Waals surface area contributed by atoms with Crippen LogP contribution in [0.15, 0.2) is 6.20 Å². The first-order valence-corrected chi connectivity index (χ1v) is 10.9. The second-order valence-electron chi connectivity index (χ2n) is 8.84. The molecule has 2 heterocycles. The van der Waals surface area contributed by atoms with Gasteiger partial charge >= 0.3 is 0 Å². The van der Waals surface area contributed by atoms with Gasteiger partial charge in [-0.25, -0.2) is 0 Å². The zero-order chi connectivity index (χ0) is 21.7. The number of amides is 2. The van der Waals surface area contributed by atoms with Crippen LogP contribution in [0.2, 0.25) is 0 Å². The van der Waals surface area contributed by atoms with Crippen LogP contribution in [0.5, 0.6) is 0 Å². The summed E-state index contributed by atoms with van der Waals surface area (Å²) in [5.41, 5.74) is 1.53. The molecule has 168 valence electrons. The lowest BCUT2D eigenvalue weighted by molar-refractivity contribution is -0.140. The Kier molecular flexibility index (Phi) is 7.49. The Morgan fingerprint density at radius 1 is 1.30 bits per heavy atom. The highest BCUT2D eigenvalue weighted by molar-refractivity contribution is 5.92. The van der Waals surface area contributed by atoms with Gasteiger partial charge in [0.05, 0.1) is 24.5 Å². The molecule has 1 aromatic rings. The molecule has 0 unspecified atom stereocenters. The molecule has 0 bridgehead atoms. The maximum absolute atomic E-state index is 12.8. The summed E-state index contributed by atoms with van der Waals surface area (Å²) in [6.45, 7) is 4.21. The van der Waals surface area contributed by atoms with E-state index in [0.717, 1.165) is 18.5 Å². The van der Waals surface area contributed by atoms with Crippen molar-refractivity contribution in [3.63, 3.8) is 0 Å². The van der Waals surface area contributed by atoms with Crippen molar-refractivity contribution in [2.45, 2.75) is 50.7 Å². The van der Waals surface area contributed by atoms with E-state index in [-0.39, 0.29) is 23.9 Å². The molecule has 1 aliphatic heterocycles. The average molecular weight is 421 g/mol. The van der Waals surface area contributed by atoms with Gasteiger partial charge in [-0.15, -0.1) is 0 Å². The zero-order valence-electron chi connectivity index (χ0n) is 18.7. The topological polar surface area (TPSA) is 91.7 Å². The van der Waals surface area contributed by atoms with Crippen LogP contribution in [0.25, 0.3) is 0 Å². The summed E-state index contributed by atoms with van der Waals surface area (Å²) >= 11 is 0. The average Bonchev–Trinajstić information content (AvgIpc) is 3.03. The van der Waals surface area contributed by atoms with E-state index >= 15 is 0 Å². The summed E-state index contributed by atoms with van der Waals surface area (Å²) in [4.78, 5) is 29.4. The molecule has 0 spiro atoms. The molecule has 3 rings (SSSR count). The lowest BCUT2D eigenvalue weighted by atomic mass is 9.80. The normalized spacial score (nSPS) is 22.1. The maximum Gasteiger partial charge on any atom is 0.250 e. The minimum absolute atomic E-state index is 0.0315. The van der Waals surface area contributed by atoms with Gasteiger partial charge in [-0.1, -0.05) is 19.3 Å². The first kappa shape index (κ1) is 22.7. The molecule has 1 saturated heterocycles. The fourth-order valence-electron chi connectivity index (χ4n) is 4.48. The largest absolute Gasteiger partial charge is 0.366 e. The molecule has 0 aromatic carbocycles. The Morgan fingerprint density at radius 2 is 2.03 bits per heavy atom. The van der Waals surface area contributed by atoms with Crippen molar-refractivity contribution in [1.29, 1.82) is 0 Å². The predicted octanol–water partition coefficient (Wildman–Crippen LogP) is 0.749. The summed E-state index contributed by atoms with van der Waals surface area (Å²) in [5.74, 6) is -0.198. The number of aromatic nitrogens is 2. The van der Waals surface area contributed by atoms with Crippen LogP contribution in [-0.2, 0) is 21.4 Å². The first-order chi connectivity index (χ1) is 14.3. The van der Waals surface area contributed by atoms with Crippen molar-refractivity contribution in [3.8, 4) is 0 Å². The van der Waals surface area contributed by atoms with Crippen molar-refractivity contribution >= 4 is 17.5 Å². The molecule has 1 aliphatic carbocycles. The fraction of sp³-hybridized carbons (Fsp3) is 0.762. The summed E-state index contributed by atoms with van der Waals surface area (Å²) in [5, 5.41) is 10.3. The number of morpholine rings is 1. The molecule has 2 amide bonds. The Hall–Kier alpha value is -1.97. The van der Waals surface area contributed by atoms with Gasteiger partial charge in [0.2, 0.25) is 5.91 Å². The van der Waals surface area contributed by atoms with Crippen LogP contribution < -0.4 is 10.6 Å². The zero-order valence-corrected chi connectivity index (χ0v) is 18.7. The summed E-state index contributed by atoms with van der Waals surface area (Å²) < 4.78 is 7.39. The molecule has 1 saturated carbocycles. The number of carbonyl (C=O) groups excluding carboxylic acids is 2. The number of anilines is 1. The molecule has 0 radical (unpaired) electrons. The van der Waals surface area contributed by atoms with Gasteiger partial charge in [0.15, 0.2) is 0 Å². The molecule has 30 heavy (non-hydrogen) atoms. The Balaban J connectivity index is 1.49. The number of rotatable bonds is 7. The molecule has 9 nitrogen and oxygen atoms in total. The smallest absolute Gasteiger partial charge is 0.250 e. The molecular formula is C21H36N6O3. The van der Waals surface area contributed by atoms with E-state index in [1.54, 1.807) is 10.9 Å². The highest BCUT2D eigenvalue weighted by Gasteiger charge is 2.36. The van der Waals surface area contributed by atoms with Crippen molar-refractivity contribution < 1.29 is 14.3 Å². The highest BCUT2D eigenvalue weighted by atomic mass is 16.5. The number of likely N-dealkylation sites (N-methyl/N-ethyl adjacent to an activating group) is 1. The van der Waals surface area contributed by atoms with Gasteiger partial charge in [0.25, 0.3) is 5.91 Å². The third kappa shape index (κ3) is 5.59. The first-order valence-electron chi connectivity index (χ1n) is 10.9.